The topological polar surface area (TPSA) is 45.0 Å². The van der Waals surface area contributed by atoms with E-state index in [2.05, 4.69) is 11.4 Å². The predicted molar refractivity (Wildman–Crippen MR) is 39.6 cm³/mol. The van der Waals surface area contributed by atoms with Gasteiger partial charge in [0.25, 0.3) is 0 Å². The molecule has 1 atom stereocenters. The molecule has 1 N–H and O–H groups in total. The first kappa shape index (κ1) is 9.41. The average molecular weight is 142 g/mol. The molecule has 0 saturated carbocycles. The minimum atomic E-state index is 0.346. The summed E-state index contributed by atoms with van der Waals surface area (Å²) in [4.78, 5) is 0. The van der Waals surface area contributed by atoms with Crippen LogP contribution in [0.25, 0.3) is 0 Å². The van der Waals surface area contributed by atoms with Gasteiger partial charge >= 0.3 is 0 Å². The maximum Gasteiger partial charge on any atom is 0.0635 e. The lowest BCUT2D eigenvalue weighted by Crippen LogP contribution is -2.30. The Morgan fingerprint density at radius 1 is 1.70 bits per heavy atom. The number of nitrogens with zero attached hydrogens (tertiary/aromatic N) is 1. The summed E-state index contributed by atoms with van der Waals surface area (Å²) >= 11 is 0. The number of hydrogen-bond acceptors (Lipinski definition) is 3. The molecule has 0 aromatic heterocycles. The van der Waals surface area contributed by atoms with E-state index < -0.39 is 0 Å². The Morgan fingerprint density at radius 3 is 2.90 bits per heavy atom. The van der Waals surface area contributed by atoms with Crippen molar-refractivity contribution in [1.29, 1.82) is 5.26 Å². The largest absolute Gasteiger partial charge is 0.383 e. The Balaban J connectivity index is 3.06. The number of nitriles is 1. The van der Waals surface area contributed by atoms with Crippen molar-refractivity contribution in [3.8, 4) is 6.07 Å². The van der Waals surface area contributed by atoms with Gasteiger partial charge in [0.2, 0.25) is 0 Å². The smallest absolute Gasteiger partial charge is 0.0635 e. The monoisotopic (exact) mass is 142 g/mol. The number of methoxy groups -OCH3 is 1. The van der Waals surface area contributed by atoms with Crippen molar-refractivity contribution in [3.05, 3.63) is 0 Å². The average Bonchev–Trinajstić information content (AvgIpc) is 1.89. The maximum absolute atomic E-state index is 8.19. The molecule has 10 heavy (non-hydrogen) atoms. The molecule has 0 aromatic rings. The Kier molecular flexibility index (Phi) is 6.14. The Labute approximate surface area is 62.0 Å². The van der Waals surface area contributed by atoms with Crippen LogP contribution < -0.4 is 5.32 Å². The SMILES string of the molecule is COCC(C)NCCC#N. The summed E-state index contributed by atoms with van der Waals surface area (Å²) in [6, 6.07) is 2.41. The van der Waals surface area contributed by atoms with Crippen LogP contribution in [0.15, 0.2) is 0 Å². The van der Waals surface area contributed by atoms with Crippen LogP contribution in [-0.4, -0.2) is 26.3 Å². The number of hydrogen-bond donors (Lipinski definition) is 1. The van der Waals surface area contributed by atoms with Gasteiger partial charge in [-0.2, -0.15) is 5.26 Å². The van der Waals surface area contributed by atoms with Gasteiger partial charge in [-0.25, -0.2) is 0 Å². The lowest BCUT2D eigenvalue weighted by molar-refractivity contribution is 0.172. The van der Waals surface area contributed by atoms with Crippen LogP contribution in [0.2, 0.25) is 0 Å². The first-order valence-electron chi connectivity index (χ1n) is 3.40. The van der Waals surface area contributed by atoms with Crippen molar-refractivity contribution >= 4 is 0 Å². The zero-order valence-corrected chi connectivity index (χ0v) is 6.55. The summed E-state index contributed by atoms with van der Waals surface area (Å²) in [5.41, 5.74) is 0. The zero-order valence-electron chi connectivity index (χ0n) is 6.55. The highest BCUT2D eigenvalue weighted by Crippen LogP contribution is 1.81. The van der Waals surface area contributed by atoms with Gasteiger partial charge in [0.15, 0.2) is 0 Å². The van der Waals surface area contributed by atoms with Gasteiger partial charge < -0.3 is 10.1 Å². The highest BCUT2D eigenvalue weighted by molar-refractivity contribution is 4.71. The minimum absolute atomic E-state index is 0.346. The fraction of sp³-hybridized carbons (Fsp3) is 0.857. The van der Waals surface area contributed by atoms with E-state index in [1.165, 1.54) is 0 Å². The van der Waals surface area contributed by atoms with E-state index in [1.807, 2.05) is 6.92 Å². The highest BCUT2D eigenvalue weighted by Gasteiger charge is 1.96. The summed E-state index contributed by atoms with van der Waals surface area (Å²) < 4.78 is 4.89. The molecule has 0 heterocycles. The summed E-state index contributed by atoms with van der Waals surface area (Å²) in [5.74, 6) is 0. The molecule has 58 valence electrons. The normalized spacial score (nSPS) is 12.5. The van der Waals surface area contributed by atoms with E-state index in [4.69, 9.17) is 10.00 Å². The van der Waals surface area contributed by atoms with Crippen molar-refractivity contribution in [1.82, 2.24) is 5.32 Å². The number of rotatable bonds is 5. The Bertz CT molecular complexity index is 109. The van der Waals surface area contributed by atoms with Crippen LogP contribution in [0.4, 0.5) is 0 Å². The number of ether oxygens (including phenoxy) is 1. The van der Waals surface area contributed by atoms with Gasteiger partial charge in [0.1, 0.15) is 0 Å². The van der Waals surface area contributed by atoms with Crippen molar-refractivity contribution in [2.24, 2.45) is 0 Å². The van der Waals surface area contributed by atoms with Crippen molar-refractivity contribution < 1.29 is 4.74 Å². The molecule has 3 heteroatoms. The second kappa shape index (κ2) is 6.53. The highest BCUT2D eigenvalue weighted by atomic mass is 16.5. The van der Waals surface area contributed by atoms with E-state index in [-0.39, 0.29) is 0 Å². The molecule has 3 nitrogen and oxygen atoms in total. The molecule has 0 spiro atoms. The van der Waals surface area contributed by atoms with Gasteiger partial charge in [-0.05, 0) is 6.92 Å². The van der Waals surface area contributed by atoms with E-state index in [1.54, 1.807) is 7.11 Å². The van der Waals surface area contributed by atoms with Crippen LogP contribution in [0, 0.1) is 11.3 Å². The number of nitrogens with one attached hydrogen (secondary N) is 1. The van der Waals surface area contributed by atoms with Crippen LogP contribution in [0.1, 0.15) is 13.3 Å². The molecule has 1 unspecified atom stereocenters. The fourth-order valence-corrected chi connectivity index (χ4v) is 0.683. The van der Waals surface area contributed by atoms with E-state index >= 15 is 0 Å². The first-order valence-corrected chi connectivity index (χ1v) is 3.40. The summed E-state index contributed by atoms with van der Waals surface area (Å²) in [5, 5.41) is 11.3. The zero-order chi connectivity index (χ0) is 7.82. The van der Waals surface area contributed by atoms with Crippen molar-refractivity contribution in [2.75, 3.05) is 20.3 Å². The Morgan fingerprint density at radius 2 is 2.40 bits per heavy atom. The molecule has 0 saturated heterocycles. The standard InChI is InChI=1S/C7H14N2O/c1-7(6-10-2)9-5-3-4-8/h7,9H,3,5-6H2,1-2H3. The van der Waals surface area contributed by atoms with Crippen molar-refractivity contribution in [3.63, 3.8) is 0 Å². The molecule has 0 aliphatic rings. The second-order valence-corrected chi connectivity index (χ2v) is 2.22. The summed E-state index contributed by atoms with van der Waals surface area (Å²) in [6.45, 7) is 3.48. The van der Waals surface area contributed by atoms with E-state index in [9.17, 15) is 0 Å². The quantitative estimate of drug-likeness (QED) is 0.569. The minimum Gasteiger partial charge on any atom is -0.383 e. The molecule has 0 amide bonds. The van der Waals surface area contributed by atoms with Crippen molar-refractivity contribution in [2.45, 2.75) is 19.4 Å². The fourth-order valence-electron chi connectivity index (χ4n) is 0.683. The lowest BCUT2D eigenvalue weighted by Gasteiger charge is -2.09. The third-order valence-electron chi connectivity index (χ3n) is 1.15. The summed E-state index contributed by atoms with van der Waals surface area (Å²) in [6.07, 6.45) is 0.564. The van der Waals surface area contributed by atoms with Gasteiger partial charge in [-0.15, -0.1) is 0 Å². The molecule has 0 bridgehead atoms. The molecular formula is C7H14N2O. The molecule has 0 rings (SSSR count). The van der Waals surface area contributed by atoms with E-state index in [0.717, 1.165) is 6.54 Å². The van der Waals surface area contributed by atoms with Gasteiger partial charge in [0, 0.05) is 26.1 Å². The third kappa shape index (κ3) is 5.54. The molecule has 0 aromatic carbocycles. The first-order chi connectivity index (χ1) is 4.81. The molecular weight excluding hydrogens is 128 g/mol. The van der Waals surface area contributed by atoms with Crippen LogP contribution in [0.3, 0.4) is 0 Å². The molecule has 0 aliphatic heterocycles. The third-order valence-corrected chi connectivity index (χ3v) is 1.15. The Hall–Kier alpha value is -0.590. The van der Waals surface area contributed by atoms with Crippen LogP contribution >= 0.6 is 0 Å². The van der Waals surface area contributed by atoms with Crippen LogP contribution in [-0.2, 0) is 4.74 Å². The van der Waals surface area contributed by atoms with Gasteiger partial charge in [-0.1, -0.05) is 0 Å². The second-order valence-electron chi connectivity index (χ2n) is 2.22. The van der Waals surface area contributed by atoms with Gasteiger partial charge in [-0.3, -0.25) is 0 Å². The van der Waals surface area contributed by atoms with E-state index in [0.29, 0.717) is 19.1 Å². The lowest BCUT2D eigenvalue weighted by atomic mass is 10.3. The molecule has 0 radical (unpaired) electrons. The molecule has 0 aliphatic carbocycles. The predicted octanol–water partition coefficient (Wildman–Crippen LogP) is 0.525. The maximum atomic E-state index is 8.19. The van der Waals surface area contributed by atoms with Crippen LogP contribution in [0.5, 0.6) is 0 Å². The molecule has 0 fully saturated rings. The summed E-state index contributed by atoms with van der Waals surface area (Å²) in [7, 11) is 1.67. The van der Waals surface area contributed by atoms with Gasteiger partial charge in [0.05, 0.1) is 12.7 Å².